The van der Waals surface area contributed by atoms with Crippen LogP contribution in [0.25, 0.3) is 0 Å². The fourth-order valence-corrected chi connectivity index (χ4v) is 2.91. The van der Waals surface area contributed by atoms with Gasteiger partial charge in [-0.15, -0.1) is 11.8 Å². The van der Waals surface area contributed by atoms with Crippen molar-refractivity contribution in [3.8, 4) is 0 Å². The third-order valence-electron chi connectivity index (χ3n) is 1.66. The summed E-state index contributed by atoms with van der Waals surface area (Å²) in [6, 6.07) is 7.59. The number of rotatable bonds is 1. The first-order valence-electron chi connectivity index (χ1n) is 3.39. The number of fused-ring (bicyclic) bond motifs is 1. The average molecular weight is 225 g/mol. The van der Waals surface area contributed by atoms with Crippen molar-refractivity contribution in [1.82, 2.24) is 0 Å². The fourth-order valence-electron chi connectivity index (χ4n) is 1.11. The standard InChI is InChI=1S/C7H7NO2S2.Na.H/c9-12(10)8-5-11-7-4-2-1-3-6(7)8;;/h1-4H,5H2,(H,9,10);;. The predicted molar refractivity (Wildman–Crippen MR) is 57.6 cm³/mol. The minimum absolute atomic E-state index is 0. The quantitative estimate of drug-likeness (QED) is 0.573. The Labute approximate surface area is 106 Å². The van der Waals surface area contributed by atoms with E-state index in [2.05, 4.69) is 0 Å². The number of para-hydroxylation sites is 1. The zero-order chi connectivity index (χ0) is 8.55. The summed E-state index contributed by atoms with van der Waals surface area (Å²) in [7, 11) is 0. The van der Waals surface area contributed by atoms with Crippen molar-refractivity contribution >= 4 is 58.3 Å². The molecule has 0 saturated carbocycles. The number of hydrogen-bond acceptors (Lipinski definition) is 2. The van der Waals surface area contributed by atoms with Gasteiger partial charge in [-0.3, -0.25) is 8.86 Å². The zero-order valence-electron chi connectivity index (χ0n) is 6.14. The van der Waals surface area contributed by atoms with Gasteiger partial charge >= 0.3 is 29.6 Å². The summed E-state index contributed by atoms with van der Waals surface area (Å²) in [5.41, 5.74) is 0.850. The van der Waals surface area contributed by atoms with E-state index in [9.17, 15) is 4.21 Å². The Morgan fingerprint density at radius 1 is 1.46 bits per heavy atom. The molecular formula is C7H8NNaO2S2. The molecule has 1 aliphatic heterocycles. The van der Waals surface area contributed by atoms with Gasteiger partial charge in [0.2, 0.25) is 0 Å². The average Bonchev–Trinajstić information content (AvgIpc) is 2.47. The molecule has 0 amide bonds. The molecule has 0 bridgehead atoms. The molecule has 1 aromatic rings. The number of benzene rings is 1. The Hall–Kier alpha value is 0.480. The van der Waals surface area contributed by atoms with Gasteiger partial charge in [0.15, 0.2) is 0 Å². The molecule has 0 aromatic heterocycles. The molecule has 0 fully saturated rings. The molecule has 0 radical (unpaired) electrons. The van der Waals surface area contributed by atoms with E-state index in [0.717, 1.165) is 10.6 Å². The third-order valence-corrected chi connectivity index (χ3v) is 3.57. The Balaban J connectivity index is 0.000000845. The van der Waals surface area contributed by atoms with Gasteiger partial charge in [0.1, 0.15) is 0 Å². The predicted octanol–water partition coefficient (Wildman–Crippen LogP) is 1.04. The number of nitrogens with zero attached hydrogens (tertiary/aromatic N) is 1. The molecule has 6 heteroatoms. The van der Waals surface area contributed by atoms with Crippen molar-refractivity contribution in [2.75, 3.05) is 10.2 Å². The first-order chi connectivity index (χ1) is 5.79. The van der Waals surface area contributed by atoms with Crippen molar-refractivity contribution < 1.29 is 8.76 Å². The third kappa shape index (κ3) is 2.29. The van der Waals surface area contributed by atoms with E-state index in [-0.39, 0.29) is 29.6 Å². The minimum atomic E-state index is -1.89. The van der Waals surface area contributed by atoms with Gasteiger partial charge < -0.3 is 0 Å². The Morgan fingerprint density at radius 3 is 2.85 bits per heavy atom. The molecule has 1 atom stereocenters. The van der Waals surface area contributed by atoms with Gasteiger partial charge in [0.05, 0.1) is 11.6 Å². The fraction of sp³-hybridized carbons (Fsp3) is 0.143. The van der Waals surface area contributed by atoms with Crippen molar-refractivity contribution in [2.45, 2.75) is 4.90 Å². The summed E-state index contributed by atoms with van der Waals surface area (Å²) in [5.74, 6) is 0.558. The number of thioether (sulfide) groups is 1. The summed E-state index contributed by atoms with van der Waals surface area (Å²) in [6.45, 7) is 0. The molecule has 0 spiro atoms. The molecule has 3 nitrogen and oxygen atoms in total. The molecule has 1 N–H and O–H groups in total. The number of anilines is 1. The summed E-state index contributed by atoms with van der Waals surface area (Å²) in [6.07, 6.45) is 0. The molecule has 0 aliphatic carbocycles. The van der Waals surface area contributed by atoms with Gasteiger partial charge in [-0.1, -0.05) is 12.1 Å². The van der Waals surface area contributed by atoms with Crippen LogP contribution in [0.2, 0.25) is 0 Å². The van der Waals surface area contributed by atoms with Crippen LogP contribution in [0.3, 0.4) is 0 Å². The second kappa shape index (κ2) is 4.82. The second-order valence-electron chi connectivity index (χ2n) is 2.35. The second-order valence-corrected chi connectivity index (χ2v) is 4.24. The molecule has 13 heavy (non-hydrogen) atoms. The normalized spacial score (nSPS) is 16.2. The monoisotopic (exact) mass is 225 g/mol. The van der Waals surface area contributed by atoms with Crippen LogP contribution in [-0.2, 0) is 11.3 Å². The Kier molecular flexibility index (Phi) is 4.28. The van der Waals surface area contributed by atoms with Crippen LogP contribution in [0.1, 0.15) is 0 Å². The van der Waals surface area contributed by atoms with Crippen LogP contribution in [0, 0.1) is 0 Å². The van der Waals surface area contributed by atoms with E-state index in [1.165, 1.54) is 4.31 Å². The maximum atomic E-state index is 10.8. The van der Waals surface area contributed by atoms with Crippen LogP contribution >= 0.6 is 11.8 Å². The van der Waals surface area contributed by atoms with E-state index in [4.69, 9.17) is 4.55 Å². The van der Waals surface area contributed by atoms with Crippen LogP contribution in [0.4, 0.5) is 5.69 Å². The van der Waals surface area contributed by atoms with Crippen molar-refractivity contribution in [1.29, 1.82) is 0 Å². The summed E-state index contributed by atoms with van der Waals surface area (Å²) >= 11 is -0.313. The number of hydrogen-bond donors (Lipinski definition) is 1. The molecular weight excluding hydrogens is 217 g/mol. The molecule has 1 unspecified atom stereocenters. The van der Waals surface area contributed by atoms with Gasteiger partial charge in [0.25, 0.3) is 11.3 Å². The van der Waals surface area contributed by atoms with E-state index < -0.39 is 11.3 Å². The summed E-state index contributed by atoms with van der Waals surface area (Å²) < 4.78 is 21.1. The first kappa shape index (κ1) is 11.6. The van der Waals surface area contributed by atoms with Gasteiger partial charge in [0, 0.05) is 4.90 Å². The van der Waals surface area contributed by atoms with E-state index in [1.54, 1.807) is 11.8 Å². The van der Waals surface area contributed by atoms with E-state index >= 15 is 0 Å². The molecule has 1 aromatic carbocycles. The molecule has 66 valence electrons. The SMILES string of the molecule is O=S(O)N1CSc2ccccc21.[NaH]. The van der Waals surface area contributed by atoms with Crippen LogP contribution in [-0.4, -0.2) is 44.2 Å². The van der Waals surface area contributed by atoms with E-state index in [0.29, 0.717) is 5.88 Å². The Morgan fingerprint density at radius 2 is 2.15 bits per heavy atom. The summed E-state index contributed by atoms with van der Waals surface area (Å²) in [4.78, 5) is 1.07. The van der Waals surface area contributed by atoms with Gasteiger partial charge in [-0.2, -0.15) is 0 Å². The van der Waals surface area contributed by atoms with Crippen molar-refractivity contribution in [3.05, 3.63) is 24.3 Å². The first-order valence-corrected chi connectivity index (χ1v) is 5.44. The Bertz CT molecular complexity index is 334. The van der Waals surface area contributed by atoms with Crippen LogP contribution in [0.5, 0.6) is 0 Å². The van der Waals surface area contributed by atoms with Crippen molar-refractivity contribution in [3.63, 3.8) is 0 Å². The van der Waals surface area contributed by atoms with Gasteiger partial charge in [-0.25, -0.2) is 4.21 Å². The zero-order valence-corrected chi connectivity index (χ0v) is 7.77. The molecule has 1 aliphatic rings. The molecule has 1 heterocycles. The molecule has 2 rings (SSSR count). The summed E-state index contributed by atoms with van der Waals surface area (Å²) in [5, 5.41) is 0. The van der Waals surface area contributed by atoms with E-state index in [1.807, 2.05) is 24.3 Å². The topological polar surface area (TPSA) is 40.5 Å². The van der Waals surface area contributed by atoms with Gasteiger partial charge in [-0.05, 0) is 12.1 Å². The molecule has 0 saturated heterocycles. The van der Waals surface area contributed by atoms with Crippen LogP contribution < -0.4 is 4.31 Å². The van der Waals surface area contributed by atoms with Crippen LogP contribution in [0.15, 0.2) is 29.2 Å². The maximum absolute atomic E-state index is 10.8. The van der Waals surface area contributed by atoms with Crippen molar-refractivity contribution in [2.24, 2.45) is 0 Å².